The summed E-state index contributed by atoms with van der Waals surface area (Å²) in [6.07, 6.45) is 6.73. The largest absolute Gasteiger partial charge is 0.480 e. The number of rotatable bonds is 6. The van der Waals surface area contributed by atoms with Crippen molar-refractivity contribution in [1.82, 2.24) is 15.0 Å². The third kappa shape index (κ3) is 6.43. The fraction of sp³-hybridized carbons (Fsp3) is 0.292. The van der Waals surface area contributed by atoms with Gasteiger partial charge in [0.15, 0.2) is 10.7 Å². The fourth-order valence-corrected chi connectivity index (χ4v) is 5.13. The predicted octanol–water partition coefficient (Wildman–Crippen LogP) is 3.73. The molecule has 0 atom stereocenters. The van der Waals surface area contributed by atoms with Crippen LogP contribution in [0, 0.1) is 23.5 Å². The third-order valence-corrected chi connectivity index (χ3v) is 7.18. The van der Waals surface area contributed by atoms with E-state index < -0.39 is 37.8 Å². The number of sulfonamides is 1. The second-order valence-corrected chi connectivity index (χ2v) is 10.3. The smallest absolute Gasteiger partial charge is 0.267 e. The maximum absolute atomic E-state index is 15.1. The Bertz CT molecular complexity index is 1450. The molecule has 0 unspecified atom stereocenters. The van der Waals surface area contributed by atoms with Gasteiger partial charge in [-0.25, -0.2) is 32.2 Å². The molecule has 0 bridgehead atoms. The van der Waals surface area contributed by atoms with Crippen molar-refractivity contribution in [2.24, 2.45) is 0 Å². The van der Waals surface area contributed by atoms with Crippen LogP contribution >= 0.6 is 11.6 Å². The second kappa shape index (κ2) is 11.2. The van der Waals surface area contributed by atoms with E-state index in [2.05, 4.69) is 36.8 Å². The first-order chi connectivity index (χ1) is 17.7. The Morgan fingerprint density at radius 1 is 1.08 bits per heavy atom. The Hall–Kier alpha value is -3.53. The van der Waals surface area contributed by atoms with Crippen LogP contribution in [0.1, 0.15) is 36.8 Å². The number of anilines is 2. The van der Waals surface area contributed by atoms with Gasteiger partial charge in [-0.1, -0.05) is 23.4 Å². The molecule has 1 aliphatic rings. The summed E-state index contributed by atoms with van der Waals surface area (Å²) in [6.45, 7) is 0. The molecular weight excluding hydrogens is 528 g/mol. The van der Waals surface area contributed by atoms with E-state index in [4.69, 9.17) is 16.3 Å². The van der Waals surface area contributed by atoms with Crippen LogP contribution in [0.15, 0.2) is 41.7 Å². The summed E-state index contributed by atoms with van der Waals surface area (Å²) >= 11 is 5.85. The Morgan fingerprint density at radius 3 is 2.46 bits per heavy atom. The van der Waals surface area contributed by atoms with Gasteiger partial charge in [0.05, 0.1) is 35.1 Å². The summed E-state index contributed by atoms with van der Waals surface area (Å²) in [7, 11) is -3.17. The van der Waals surface area contributed by atoms with Crippen LogP contribution in [0.2, 0.25) is 5.02 Å². The van der Waals surface area contributed by atoms with Crippen LogP contribution < -0.4 is 14.8 Å². The number of hydrogen-bond donors (Lipinski definition) is 3. The first-order valence-corrected chi connectivity index (χ1v) is 13.0. The van der Waals surface area contributed by atoms with E-state index in [1.165, 1.54) is 25.7 Å². The predicted molar refractivity (Wildman–Crippen MR) is 133 cm³/mol. The summed E-state index contributed by atoms with van der Waals surface area (Å²) in [6, 6.07) is 3.07. The Kier molecular flexibility index (Phi) is 8.06. The van der Waals surface area contributed by atoms with Crippen molar-refractivity contribution in [3.05, 3.63) is 64.6 Å². The summed E-state index contributed by atoms with van der Waals surface area (Å²) in [5, 5.41) is 12.8. The van der Waals surface area contributed by atoms with Crippen molar-refractivity contribution in [1.29, 1.82) is 0 Å². The van der Waals surface area contributed by atoms with Crippen molar-refractivity contribution < 1.29 is 27.0 Å². The number of halogens is 3. The van der Waals surface area contributed by atoms with Crippen molar-refractivity contribution in [2.45, 2.75) is 42.7 Å². The lowest BCUT2D eigenvalue weighted by molar-refractivity contribution is 0.126. The molecule has 0 aliphatic heterocycles. The molecule has 2 aromatic heterocycles. The van der Waals surface area contributed by atoms with Gasteiger partial charge in [0.1, 0.15) is 5.82 Å². The van der Waals surface area contributed by atoms with Gasteiger partial charge in [-0.15, -0.1) is 0 Å². The van der Waals surface area contributed by atoms with Crippen LogP contribution in [0.4, 0.5) is 20.4 Å². The maximum Gasteiger partial charge on any atom is 0.267 e. The van der Waals surface area contributed by atoms with E-state index in [0.717, 1.165) is 31.0 Å². The number of methoxy groups -OCH3 is 1. The van der Waals surface area contributed by atoms with Gasteiger partial charge in [-0.2, -0.15) is 0 Å². The highest BCUT2D eigenvalue weighted by molar-refractivity contribution is 7.92. The minimum absolute atomic E-state index is 0.0216. The normalized spacial score (nSPS) is 17.4. The molecule has 3 N–H and O–H groups in total. The molecule has 1 fully saturated rings. The van der Waals surface area contributed by atoms with Gasteiger partial charge in [0.2, 0.25) is 11.8 Å². The molecule has 0 radical (unpaired) electrons. The van der Waals surface area contributed by atoms with Crippen LogP contribution in [-0.4, -0.2) is 47.7 Å². The highest BCUT2D eigenvalue weighted by Crippen LogP contribution is 2.28. The Balaban J connectivity index is 1.53. The topological polar surface area (TPSA) is 126 Å². The minimum Gasteiger partial charge on any atom is -0.480 e. The molecule has 0 saturated heterocycles. The number of aliphatic hydroxyl groups excluding tert-OH is 1. The molecule has 9 nitrogen and oxygen atoms in total. The van der Waals surface area contributed by atoms with Gasteiger partial charge in [0, 0.05) is 24.6 Å². The van der Waals surface area contributed by atoms with E-state index in [-0.39, 0.29) is 23.0 Å². The highest BCUT2D eigenvalue weighted by atomic mass is 35.5. The monoisotopic (exact) mass is 549 g/mol. The quantitative estimate of drug-likeness (QED) is 0.397. The van der Waals surface area contributed by atoms with Crippen molar-refractivity contribution in [3.63, 3.8) is 0 Å². The van der Waals surface area contributed by atoms with Crippen LogP contribution in [0.3, 0.4) is 0 Å². The van der Waals surface area contributed by atoms with E-state index in [0.29, 0.717) is 24.4 Å². The van der Waals surface area contributed by atoms with Crippen molar-refractivity contribution >= 4 is 33.3 Å². The average Bonchev–Trinajstić information content (AvgIpc) is 2.88. The summed E-state index contributed by atoms with van der Waals surface area (Å²) in [5.41, 5.74) is -0.871. The highest BCUT2D eigenvalue weighted by Gasteiger charge is 2.24. The molecule has 13 heteroatoms. The van der Waals surface area contributed by atoms with Crippen LogP contribution in [0.25, 0.3) is 0 Å². The molecule has 1 aliphatic carbocycles. The molecule has 0 spiro atoms. The molecule has 0 amide bonds. The number of nitrogens with one attached hydrogen (secondary N) is 2. The maximum atomic E-state index is 15.1. The zero-order valence-corrected chi connectivity index (χ0v) is 21.1. The summed E-state index contributed by atoms with van der Waals surface area (Å²) in [4.78, 5) is 11.7. The number of benzene rings is 1. The van der Waals surface area contributed by atoms with Gasteiger partial charge in [-0.3, -0.25) is 4.72 Å². The van der Waals surface area contributed by atoms with Gasteiger partial charge < -0.3 is 15.2 Å². The number of hydrogen-bond acceptors (Lipinski definition) is 8. The van der Waals surface area contributed by atoms with E-state index in [1.54, 1.807) is 0 Å². The number of aromatic nitrogens is 3. The number of nitrogens with zero attached hydrogens (tertiary/aromatic N) is 3. The molecule has 1 aromatic carbocycles. The number of ether oxygens (including phenoxy) is 1. The summed E-state index contributed by atoms with van der Waals surface area (Å²) in [5.74, 6) is 2.91. The SMILES string of the molecule is COc1ncc(Cl)cc1S(=O)(=O)Nc1ccc(F)c(C#Cc2cnc(NC3CCC(O)CC3)nc2)c1F. The van der Waals surface area contributed by atoms with E-state index in [9.17, 15) is 17.9 Å². The lowest BCUT2D eigenvalue weighted by Gasteiger charge is -2.25. The molecule has 37 heavy (non-hydrogen) atoms. The first-order valence-electron chi connectivity index (χ1n) is 11.2. The van der Waals surface area contributed by atoms with Crippen LogP contribution in [-0.2, 0) is 10.0 Å². The number of pyridine rings is 1. The van der Waals surface area contributed by atoms with E-state index in [1.807, 2.05) is 0 Å². The lowest BCUT2D eigenvalue weighted by Crippen LogP contribution is -2.28. The minimum atomic E-state index is -4.39. The Morgan fingerprint density at radius 2 is 1.78 bits per heavy atom. The fourth-order valence-electron chi connectivity index (χ4n) is 3.70. The second-order valence-electron chi connectivity index (χ2n) is 8.25. The molecule has 3 aromatic rings. The van der Waals surface area contributed by atoms with Crippen molar-refractivity contribution in [2.75, 3.05) is 17.1 Å². The van der Waals surface area contributed by atoms with Gasteiger partial charge >= 0.3 is 0 Å². The molecular formula is C24H22ClF2N5O4S. The van der Waals surface area contributed by atoms with Gasteiger partial charge in [0.25, 0.3) is 10.0 Å². The molecule has 2 heterocycles. The zero-order chi connectivity index (χ0) is 26.6. The molecule has 4 rings (SSSR count). The van der Waals surface area contributed by atoms with Crippen LogP contribution in [0.5, 0.6) is 5.88 Å². The third-order valence-electron chi connectivity index (χ3n) is 5.62. The number of aliphatic hydroxyl groups is 1. The Labute approximate surface area is 217 Å². The summed E-state index contributed by atoms with van der Waals surface area (Å²) < 4.78 is 62.1. The van der Waals surface area contributed by atoms with Gasteiger partial charge in [-0.05, 0) is 43.9 Å². The average molecular weight is 550 g/mol. The standard InChI is InChI=1S/C24H22ClF2N5O4S/c1-36-23-21(10-15(25)13-28-23)37(34,35)32-20-9-8-19(26)18(22(20)27)7-2-14-11-29-24(30-12-14)31-16-3-5-17(33)6-4-16/h8-13,16-17,32-33H,3-6H2,1H3,(H,29,30,31). The zero-order valence-electron chi connectivity index (χ0n) is 19.5. The van der Waals surface area contributed by atoms with E-state index >= 15 is 4.39 Å². The molecule has 194 valence electrons. The first kappa shape index (κ1) is 26.5. The lowest BCUT2D eigenvalue weighted by atomic mass is 9.93. The van der Waals surface area contributed by atoms with Crippen molar-refractivity contribution in [3.8, 4) is 17.7 Å². The molecule has 1 saturated carbocycles.